The van der Waals surface area contributed by atoms with Crippen LogP contribution in [0.25, 0.3) is 0 Å². The fourth-order valence-electron chi connectivity index (χ4n) is 3.52. The van der Waals surface area contributed by atoms with Gasteiger partial charge in [-0.2, -0.15) is 0 Å². The number of piperazine rings is 1. The average molecular weight is 364 g/mol. The first-order chi connectivity index (χ1) is 12.9. The monoisotopic (exact) mass is 364 g/mol. The SMILES string of the molecule is Cc1ccc(C(=O)N2CCN(C(=O)CC(C)(C)c3ccccc3)CC2)cc1. The van der Waals surface area contributed by atoms with Crippen LogP contribution in [0.4, 0.5) is 0 Å². The Bertz CT molecular complexity index is 789. The maximum Gasteiger partial charge on any atom is 0.253 e. The van der Waals surface area contributed by atoms with Crippen LogP contribution in [-0.4, -0.2) is 47.8 Å². The van der Waals surface area contributed by atoms with Crippen LogP contribution in [0.5, 0.6) is 0 Å². The van der Waals surface area contributed by atoms with Crippen LogP contribution in [0.3, 0.4) is 0 Å². The molecule has 1 aliphatic heterocycles. The van der Waals surface area contributed by atoms with Gasteiger partial charge in [0.05, 0.1) is 0 Å². The van der Waals surface area contributed by atoms with Crippen molar-refractivity contribution in [3.63, 3.8) is 0 Å². The van der Waals surface area contributed by atoms with E-state index in [4.69, 9.17) is 0 Å². The highest BCUT2D eigenvalue weighted by molar-refractivity contribution is 5.94. The van der Waals surface area contributed by atoms with Gasteiger partial charge >= 0.3 is 0 Å². The van der Waals surface area contributed by atoms with Crippen molar-refractivity contribution in [1.82, 2.24) is 9.80 Å². The molecule has 1 saturated heterocycles. The summed E-state index contributed by atoms with van der Waals surface area (Å²) in [6, 6.07) is 17.8. The number of aryl methyl sites for hydroxylation is 1. The van der Waals surface area contributed by atoms with Gasteiger partial charge in [0.2, 0.25) is 5.91 Å². The molecule has 2 aromatic rings. The maximum absolute atomic E-state index is 12.8. The average Bonchev–Trinajstić information content (AvgIpc) is 2.68. The van der Waals surface area contributed by atoms with E-state index < -0.39 is 0 Å². The molecule has 142 valence electrons. The number of carbonyl (C=O) groups is 2. The summed E-state index contributed by atoms with van der Waals surface area (Å²) >= 11 is 0. The Morgan fingerprint density at radius 3 is 2.00 bits per heavy atom. The normalized spacial score (nSPS) is 14.9. The van der Waals surface area contributed by atoms with Crippen molar-refractivity contribution in [1.29, 1.82) is 0 Å². The Hall–Kier alpha value is -2.62. The lowest BCUT2D eigenvalue weighted by molar-refractivity contribution is -0.133. The third kappa shape index (κ3) is 4.57. The zero-order valence-electron chi connectivity index (χ0n) is 16.4. The van der Waals surface area contributed by atoms with Gasteiger partial charge in [-0.3, -0.25) is 9.59 Å². The summed E-state index contributed by atoms with van der Waals surface area (Å²) < 4.78 is 0. The third-order valence-corrected chi connectivity index (χ3v) is 5.37. The van der Waals surface area contributed by atoms with Crippen molar-refractivity contribution in [3.8, 4) is 0 Å². The van der Waals surface area contributed by atoms with Crippen molar-refractivity contribution in [2.45, 2.75) is 32.6 Å². The fourth-order valence-corrected chi connectivity index (χ4v) is 3.52. The van der Waals surface area contributed by atoms with Gasteiger partial charge in [-0.15, -0.1) is 0 Å². The molecule has 0 aromatic heterocycles. The second-order valence-corrected chi connectivity index (χ2v) is 7.97. The van der Waals surface area contributed by atoms with Gasteiger partial charge in [0.25, 0.3) is 5.91 Å². The van der Waals surface area contributed by atoms with Gasteiger partial charge in [0.1, 0.15) is 0 Å². The van der Waals surface area contributed by atoms with E-state index in [-0.39, 0.29) is 17.2 Å². The number of nitrogens with zero attached hydrogens (tertiary/aromatic N) is 2. The molecule has 0 N–H and O–H groups in total. The van der Waals surface area contributed by atoms with E-state index in [1.54, 1.807) is 0 Å². The van der Waals surface area contributed by atoms with E-state index in [0.717, 1.165) is 5.56 Å². The number of hydrogen-bond donors (Lipinski definition) is 0. The number of carbonyl (C=O) groups excluding carboxylic acids is 2. The van der Waals surface area contributed by atoms with Crippen molar-refractivity contribution in [3.05, 3.63) is 71.3 Å². The number of rotatable bonds is 4. The summed E-state index contributed by atoms with van der Waals surface area (Å²) in [6.45, 7) is 8.60. The van der Waals surface area contributed by atoms with Gasteiger partial charge in [-0.25, -0.2) is 0 Å². The first-order valence-electron chi connectivity index (χ1n) is 9.56. The Labute approximate surface area is 161 Å². The van der Waals surface area contributed by atoms with Crippen LogP contribution in [0.2, 0.25) is 0 Å². The molecule has 27 heavy (non-hydrogen) atoms. The Balaban J connectivity index is 1.56. The van der Waals surface area contributed by atoms with Gasteiger partial charge in [-0.1, -0.05) is 61.9 Å². The highest BCUT2D eigenvalue weighted by Crippen LogP contribution is 2.27. The number of benzene rings is 2. The predicted molar refractivity (Wildman–Crippen MR) is 108 cm³/mol. The molecular formula is C23H28N2O2. The second kappa shape index (κ2) is 7.95. The molecule has 4 nitrogen and oxygen atoms in total. The summed E-state index contributed by atoms with van der Waals surface area (Å²) in [6.07, 6.45) is 0.475. The summed E-state index contributed by atoms with van der Waals surface area (Å²) in [5, 5.41) is 0. The van der Waals surface area contributed by atoms with E-state index in [1.807, 2.05) is 59.2 Å². The van der Waals surface area contributed by atoms with E-state index in [9.17, 15) is 9.59 Å². The second-order valence-electron chi connectivity index (χ2n) is 7.97. The zero-order chi connectivity index (χ0) is 19.4. The Kier molecular flexibility index (Phi) is 5.64. The highest BCUT2D eigenvalue weighted by atomic mass is 16.2. The summed E-state index contributed by atoms with van der Waals surface area (Å²) in [5.41, 5.74) is 2.83. The third-order valence-electron chi connectivity index (χ3n) is 5.37. The molecule has 1 fully saturated rings. The van der Waals surface area contributed by atoms with E-state index >= 15 is 0 Å². The molecule has 0 saturated carbocycles. The van der Waals surface area contributed by atoms with Crippen molar-refractivity contribution < 1.29 is 9.59 Å². The minimum atomic E-state index is -0.201. The quantitative estimate of drug-likeness (QED) is 0.831. The largest absolute Gasteiger partial charge is 0.339 e. The molecule has 0 bridgehead atoms. The van der Waals surface area contributed by atoms with Crippen LogP contribution in [0.15, 0.2) is 54.6 Å². The van der Waals surface area contributed by atoms with E-state index in [2.05, 4.69) is 26.0 Å². The lowest BCUT2D eigenvalue weighted by atomic mass is 9.81. The molecular weight excluding hydrogens is 336 g/mol. The first-order valence-corrected chi connectivity index (χ1v) is 9.56. The fraction of sp³-hybridized carbons (Fsp3) is 0.391. The number of amides is 2. The molecule has 2 amide bonds. The zero-order valence-corrected chi connectivity index (χ0v) is 16.4. The summed E-state index contributed by atoms with van der Waals surface area (Å²) in [5.74, 6) is 0.206. The first kappa shape index (κ1) is 19.2. The van der Waals surface area contributed by atoms with Crippen LogP contribution in [0.1, 0.15) is 41.8 Å². The van der Waals surface area contributed by atoms with Gasteiger partial charge < -0.3 is 9.80 Å². The smallest absolute Gasteiger partial charge is 0.253 e. The minimum absolute atomic E-state index is 0.0479. The number of hydrogen-bond acceptors (Lipinski definition) is 2. The molecule has 0 radical (unpaired) electrons. The van der Waals surface area contributed by atoms with Crippen LogP contribution < -0.4 is 0 Å². The van der Waals surface area contributed by atoms with Gasteiger partial charge in [0, 0.05) is 38.2 Å². The molecule has 0 aliphatic carbocycles. The van der Waals surface area contributed by atoms with Crippen LogP contribution in [-0.2, 0) is 10.2 Å². The topological polar surface area (TPSA) is 40.6 Å². The van der Waals surface area contributed by atoms with Crippen LogP contribution >= 0.6 is 0 Å². The van der Waals surface area contributed by atoms with Crippen molar-refractivity contribution >= 4 is 11.8 Å². The maximum atomic E-state index is 12.8. The van der Waals surface area contributed by atoms with Crippen LogP contribution in [0, 0.1) is 6.92 Å². The van der Waals surface area contributed by atoms with Gasteiger partial charge in [0.15, 0.2) is 0 Å². The molecule has 1 aliphatic rings. The highest BCUT2D eigenvalue weighted by Gasteiger charge is 2.30. The summed E-state index contributed by atoms with van der Waals surface area (Å²) in [7, 11) is 0. The van der Waals surface area contributed by atoms with E-state index in [1.165, 1.54) is 5.56 Å². The lowest BCUT2D eigenvalue weighted by Gasteiger charge is -2.36. The molecule has 3 rings (SSSR count). The minimum Gasteiger partial charge on any atom is -0.339 e. The summed E-state index contributed by atoms with van der Waals surface area (Å²) in [4.78, 5) is 29.2. The van der Waals surface area contributed by atoms with Gasteiger partial charge in [-0.05, 0) is 30.0 Å². The molecule has 0 unspecified atom stereocenters. The molecule has 2 aromatic carbocycles. The Morgan fingerprint density at radius 1 is 0.852 bits per heavy atom. The van der Waals surface area contributed by atoms with Crippen molar-refractivity contribution in [2.24, 2.45) is 0 Å². The van der Waals surface area contributed by atoms with E-state index in [0.29, 0.717) is 38.2 Å². The predicted octanol–water partition coefficient (Wildman–Crippen LogP) is 3.65. The molecule has 4 heteroatoms. The molecule has 1 heterocycles. The Morgan fingerprint density at radius 2 is 1.41 bits per heavy atom. The standard InChI is InChI=1S/C23H28N2O2/c1-18-9-11-19(12-10-18)22(27)25-15-13-24(14-16-25)21(26)17-23(2,3)20-7-5-4-6-8-20/h4-12H,13-17H2,1-3H3. The van der Waals surface area contributed by atoms with Crippen molar-refractivity contribution in [2.75, 3.05) is 26.2 Å². The molecule has 0 spiro atoms. The molecule has 0 atom stereocenters. The lowest BCUT2D eigenvalue weighted by Crippen LogP contribution is -2.51.